The van der Waals surface area contributed by atoms with E-state index in [9.17, 15) is 0 Å². The van der Waals surface area contributed by atoms with Crippen molar-refractivity contribution in [2.45, 2.75) is 19.9 Å². The Balaban J connectivity index is 2.07. The van der Waals surface area contributed by atoms with Crippen LogP contribution in [0.5, 0.6) is 0 Å². The van der Waals surface area contributed by atoms with Gasteiger partial charge in [-0.05, 0) is 26.0 Å². The Hall–Kier alpha value is -2.16. The highest BCUT2D eigenvalue weighted by Crippen LogP contribution is 2.21. The van der Waals surface area contributed by atoms with Crippen molar-refractivity contribution in [3.63, 3.8) is 0 Å². The molecule has 18 heavy (non-hydrogen) atoms. The van der Waals surface area contributed by atoms with Crippen LogP contribution in [-0.4, -0.2) is 14.8 Å². The van der Waals surface area contributed by atoms with Gasteiger partial charge in [-0.15, -0.1) is 0 Å². The lowest BCUT2D eigenvalue weighted by molar-refractivity contribution is 0.532. The fourth-order valence-corrected chi connectivity index (χ4v) is 1.98. The summed E-state index contributed by atoms with van der Waals surface area (Å²) in [4.78, 5) is 4.66. The summed E-state index contributed by atoms with van der Waals surface area (Å²) in [7, 11) is 0. The van der Waals surface area contributed by atoms with Crippen LogP contribution >= 0.6 is 0 Å². The third-order valence-electron chi connectivity index (χ3n) is 3.02. The molecule has 3 nitrogen and oxygen atoms in total. The zero-order chi connectivity index (χ0) is 12.5. The molecular weight excluding hydrogens is 222 g/mol. The maximum Gasteiger partial charge on any atom is 0.0741 e. The highest BCUT2D eigenvalue weighted by molar-refractivity contribution is 5.81. The van der Waals surface area contributed by atoms with E-state index in [1.54, 1.807) is 0 Å². The standard InChI is InChI=1S/C15H15N3/c1-11(2)18-10-13(9-16-18)15-8-7-12-5-3-4-6-14(12)17-15/h3-11H,1-2H3. The van der Waals surface area contributed by atoms with Gasteiger partial charge in [0.05, 0.1) is 17.4 Å². The van der Waals surface area contributed by atoms with E-state index < -0.39 is 0 Å². The van der Waals surface area contributed by atoms with E-state index in [2.05, 4.69) is 36.1 Å². The quantitative estimate of drug-likeness (QED) is 0.680. The van der Waals surface area contributed by atoms with E-state index in [1.807, 2.05) is 41.3 Å². The number of rotatable bonds is 2. The molecule has 3 heteroatoms. The SMILES string of the molecule is CC(C)n1cc(-c2ccc3ccccc3n2)cn1. The van der Waals surface area contributed by atoms with E-state index in [0.717, 1.165) is 22.2 Å². The van der Waals surface area contributed by atoms with Crippen LogP contribution < -0.4 is 0 Å². The van der Waals surface area contributed by atoms with Gasteiger partial charge in [0.25, 0.3) is 0 Å². The number of benzene rings is 1. The van der Waals surface area contributed by atoms with Gasteiger partial charge in [0, 0.05) is 23.2 Å². The van der Waals surface area contributed by atoms with Gasteiger partial charge in [-0.25, -0.2) is 4.98 Å². The minimum atomic E-state index is 0.374. The Kier molecular flexibility index (Phi) is 2.59. The number of hydrogen-bond donors (Lipinski definition) is 0. The van der Waals surface area contributed by atoms with Crippen LogP contribution in [0.1, 0.15) is 19.9 Å². The van der Waals surface area contributed by atoms with Crippen molar-refractivity contribution in [1.82, 2.24) is 14.8 Å². The summed E-state index contributed by atoms with van der Waals surface area (Å²) in [5.74, 6) is 0. The second kappa shape index (κ2) is 4.26. The normalized spacial score (nSPS) is 11.3. The molecular formula is C15H15N3. The first-order valence-corrected chi connectivity index (χ1v) is 6.14. The first-order chi connectivity index (χ1) is 8.74. The summed E-state index contributed by atoms with van der Waals surface area (Å²) in [6.45, 7) is 4.23. The number of nitrogens with zero attached hydrogens (tertiary/aromatic N) is 3. The largest absolute Gasteiger partial charge is 0.270 e. The molecule has 0 unspecified atom stereocenters. The molecule has 0 aliphatic rings. The predicted octanol–water partition coefficient (Wildman–Crippen LogP) is 3.68. The predicted molar refractivity (Wildman–Crippen MR) is 73.3 cm³/mol. The van der Waals surface area contributed by atoms with Gasteiger partial charge < -0.3 is 0 Å². The Morgan fingerprint density at radius 2 is 1.89 bits per heavy atom. The molecule has 3 rings (SSSR count). The van der Waals surface area contributed by atoms with Crippen LogP contribution in [0.2, 0.25) is 0 Å². The lowest BCUT2D eigenvalue weighted by atomic mass is 10.1. The summed E-state index contributed by atoms with van der Waals surface area (Å²) < 4.78 is 1.95. The fraction of sp³-hybridized carbons (Fsp3) is 0.200. The molecule has 2 aromatic heterocycles. The van der Waals surface area contributed by atoms with Crippen molar-refractivity contribution in [2.75, 3.05) is 0 Å². The molecule has 0 fully saturated rings. The molecule has 0 aliphatic carbocycles. The van der Waals surface area contributed by atoms with Crippen LogP contribution in [-0.2, 0) is 0 Å². The van der Waals surface area contributed by atoms with E-state index in [0.29, 0.717) is 6.04 Å². The number of hydrogen-bond acceptors (Lipinski definition) is 2. The maximum absolute atomic E-state index is 4.66. The van der Waals surface area contributed by atoms with Gasteiger partial charge in [-0.3, -0.25) is 4.68 Å². The molecule has 0 amide bonds. The summed E-state index contributed by atoms with van der Waals surface area (Å²) >= 11 is 0. The summed E-state index contributed by atoms with van der Waals surface area (Å²) in [5.41, 5.74) is 3.06. The molecule has 3 aromatic rings. The lowest BCUT2D eigenvalue weighted by Crippen LogP contribution is -1.99. The Morgan fingerprint density at radius 3 is 2.67 bits per heavy atom. The third-order valence-corrected chi connectivity index (χ3v) is 3.02. The zero-order valence-electron chi connectivity index (χ0n) is 10.5. The van der Waals surface area contributed by atoms with Gasteiger partial charge in [-0.2, -0.15) is 5.10 Å². The molecule has 0 atom stereocenters. The molecule has 1 aromatic carbocycles. The molecule has 0 N–H and O–H groups in total. The first-order valence-electron chi connectivity index (χ1n) is 6.14. The van der Waals surface area contributed by atoms with Crippen molar-refractivity contribution in [3.8, 4) is 11.3 Å². The average Bonchev–Trinajstić information content (AvgIpc) is 2.88. The van der Waals surface area contributed by atoms with Crippen LogP contribution in [0.4, 0.5) is 0 Å². The highest BCUT2D eigenvalue weighted by Gasteiger charge is 2.05. The van der Waals surface area contributed by atoms with Gasteiger partial charge in [-0.1, -0.05) is 24.3 Å². The molecule has 2 heterocycles. The fourth-order valence-electron chi connectivity index (χ4n) is 1.98. The number of fused-ring (bicyclic) bond motifs is 1. The second-order valence-corrected chi connectivity index (χ2v) is 4.69. The van der Waals surface area contributed by atoms with Gasteiger partial charge in [0.2, 0.25) is 0 Å². The van der Waals surface area contributed by atoms with Crippen LogP contribution in [0, 0.1) is 0 Å². The molecule has 0 bridgehead atoms. The van der Waals surface area contributed by atoms with Gasteiger partial charge in [0.15, 0.2) is 0 Å². The van der Waals surface area contributed by atoms with Gasteiger partial charge >= 0.3 is 0 Å². The monoisotopic (exact) mass is 237 g/mol. The molecule has 0 radical (unpaired) electrons. The number of pyridine rings is 1. The van der Waals surface area contributed by atoms with E-state index in [4.69, 9.17) is 0 Å². The van der Waals surface area contributed by atoms with Crippen molar-refractivity contribution in [3.05, 3.63) is 48.8 Å². The third kappa shape index (κ3) is 1.88. The second-order valence-electron chi connectivity index (χ2n) is 4.69. The van der Waals surface area contributed by atoms with Crippen LogP contribution in [0.3, 0.4) is 0 Å². The molecule has 0 saturated heterocycles. The van der Waals surface area contributed by atoms with Crippen molar-refractivity contribution < 1.29 is 0 Å². The number of aromatic nitrogens is 3. The van der Waals surface area contributed by atoms with Crippen LogP contribution in [0.15, 0.2) is 48.8 Å². The van der Waals surface area contributed by atoms with Crippen LogP contribution in [0.25, 0.3) is 22.2 Å². The Labute approximate surface area is 106 Å². The molecule has 0 spiro atoms. The van der Waals surface area contributed by atoms with E-state index in [1.165, 1.54) is 0 Å². The lowest BCUT2D eigenvalue weighted by Gasteiger charge is -2.03. The number of para-hydroxylation sites is 1. The molecule has 90 valence electrons. The minimum Gasteiger partial charge on any atom is -0.270 e. The summed E-state index contributed by atoms with van der Waals surface area (Å²) in [6.07, 6.45) is 3.92. The van der Waals surface area contributed by atoms with E-state index in [-0.39, 0.29) is 0 Å². The maximum atomic E-state index is 4.66. The Bertz CT molecular complexity index is 683. The van der Waals surface area contributed by atoms with Gasteiger partial charge in [0.1, 0.15) is 0 Å². The first kappa shape index (κ1) is 11.0. The van der Waals surface area contributed by atoms with E-state index >= 15 is 0 Å². The smallest absolute Gasteiger partial charge is 0.0741 e. The Morgan fingerprint density at radius 1 is 1.06 bits per heavy atom. The van der Waals surface area contributed by atoms with Crippen molar-refractivity contribution in [2.24, 2.45) is 0 Å². The summed E-state index contributed by atoms with van der Waals surface area (Å²) in [6, 6.07) is 12.7. The summed E-state index contributed by atoms with van der Waals surface area (Å²) in [5, 5.41) is 5.51. The molecule has 0 saturated carbocycles. The van der Waals surface area contributed by atoms with Crippen molar-refractivity contribution >= 4 is 10.9 Å². The average molecular weight is 237 g/mol. The molecule has 0 aliphatic heterocycles. The van der Waals surface area contributed by atoms with Crippen molar-refractivity contribution in [1.29, 1.82) is 0 Å². The zero-order valence-corrected chi connectivity index (χ0v) is 10.5. The highest BCUT2D eigenvalue weighted by atomic mass is 15.3. The topological polar surface area (TPSA) is 30.7 Å². The minimum absolute atomic E-state index is 0.374.